The second kappa shape index (κ2) is 14.5. The first-order valence-electron chi connectivity index (χ1n) is 14.0. The molecule has 2 aromatic rings. The Morgan fingerprint density at radius 2 is 1.44 bits per heavy atom. The van der Waals surface area contributed by atoms with Crippen LogP contribution in [0.2, 0.25) is 18.1 Å². The fraction of sp³-hybridized carbons (Fsp3) is 0.581. The molecule has 2 aromatic carbocycles. The number of ether oxygens (including phenoxy) is 4. The molecule has 7 nitrogen and oxygen atoms in total. The van der Waals surface area contributed by atoms with Gasteiger partial charge in [0.25, 0.3) is 0 Å². The summed E-state index contributed by atoms with van der Waals surface area (Å²) >= 11 is 0. The Morgan fingerprint density at radius 1 is 0.897 bits per heavy atom. The van der Waals surface area contributed by atoms with Gasteiger partial charge in [-0.1, -0.05) is 88.4 Å². The zero-order valence-corrected chi connectivity index (χ0v) is 25.6. The lowest BCUT2D eigenvalue weighted by Gasteiger charge is -2.47. The number of carbonyl (C=O) groups is 1. The summed E-state index contributed by atoms with van der Waals surface area (Å²) in [4.78, 5) is 12.3. The van der Waals surface area contributed by atoms with Crippen molar-refractivity contribution in [2.45, 2.75) is 103 Å². The van der Waals surface area contributed by atoms with Gasteiger partial charge in [-0.2, -0.15) is 0 Å². The van der Waals surface area contributed by atoms with Crippen LogP contribution >= 0.6 is 0 Å². The Labute approximate surface area is 235 Å². The highest BCUT2D eigenvalue weighted by Crippen LogP contribution is 2.37. The Kier molecular flexibility index (Phi) is 11.7. The molecule has 0 bridgehead atoms. The molecule has 39 heavy (non-hydrogen) atoms. The van der Waals surface area contributed by atoms with Crippen LogP contribution in [0.15, 0.2) is 60.7 Å². The fourth-order valence-electron chi connectivity index (χ4n) is 4.24. The van der Waals surface area contributed by atoms with Crippen molar-refractivity contribution in [2.24, 2.45) is 0 Å². The van der Waals surface area contributed by atoms with Crippen molar-refractivity contribution in [3.05, 3.63) is 71.8 Å². The lowest BCUT2D eigenvalue weighted by Crippen LogP contribution is -2.66. The van der Waals surface area contributed by atoms with Crippen molar-refractivity contribution in [3.8, 4) is 0 Å². The standard InChI is InChI=1S/C31H47NO6Si/c1-8-19-34-30-27(32-23(2)33)29(36-21-25-17-13-10-14-18-25)28(35-20-24-15-11-9-12-16-24)26(38-30)22-37-39(6,7)31(3,4)5/h9-18,26-30H,8,19-22H2,1-7H3,(H,32,33)/t26?,27?,28-,29+,30+/m1/s1. The lowest BCUT2D eigenvalue weighted by molar-refractivity contribution is -0.287. The molecule has 1 aliphatic heterocycles. The molecular weight excluding hydrogens is 510 g/mol. The van der Waals surface area contributed by atoms with E-state index in [9.17, 15) is 4.79 Å². The van der Waals surface area contributed by atoms with Crippen LogP contribution in [0.1, 0.15) is 52.2 Å². The smallest absolute Gasteiger partial charge is 0.217 e. The maximum absolute atomic E-state index is 12.3. The predicted molar refractivity (Wildman–Crippen MR) is 156 cm³/mol. The molecule has 0 spiro atoms. The fourth-order valence-corrected chi connectivity index (χ4v) is 5.26. The van der Waals surface area contributed by atoms with Gasteiger partial charge in [-0.3, -0.25) is 4.79 Å². The van der Waals surface area contributed by atoms with Crippen LogP contribution in [0.4, 0.5) is 0 Å². The topological polar surface area (TPSA) is 75.2 Å². The van der Waals surface area contributed by atoms with Crippen LogP contribution < -0.4 is 5.32 Å². The molecule has 3 rings (SSSR count). The normalized spacial score (nSPS) is 23.9. The summed E-state index contributed by atoms with van der Waals surface area (Å²) in [5.41, 5.74) is 2.08. The van der Waals surface area contributed by atoms with Gasteiger partial charge in [-0.25, -0.2) is 0 Å². The van der Waals surface area contributed by atoms with Gasteiger partial charge in [0, 0.05) is 13.5 Å². The average Bonchev–Trinajstić information content (AvgIpc) is 2.90. The van der Waals surface area contributed by atoms with E-state index in [1.165, 1.54) is 6.92 Å². The summed E-state index contributed by atoms with van der Waals surface area (Å²) < 4.78 is 32.5. The number of benzene rings is 2. The minimum Gasteiger partial charge on any atom is -0.414 e. The van der Waals surface area contributed by atoms with Gasteiger partial charge in [0.1, 0.15) is 24.4 Å². The van der Waals surface area contributed by atoms with E-state index < -0.39 is 39.0 Å². The minimum atomic E-state index is -2.08. The van der Waals surface area contributed by atoms with Crippen LogP contribution in [0, 0.1) is 0 Å². The third-order valence-corrected chi connectivity index (χ3v) is 12.0. The first-order valence-corrected chi connectivity index (χ1v) is 16.9. The Bertz CT molecular complexity index is 997. The van der Waals surface area contributed by atoms with E-state index in [-0.39, 0.29) is 10.9 Å². The molecule has 1 amide bonds. The number of carbonyl (C=O) groups excluding carboxylic acids is 1. The Morgan fingerprint density at radius 3 is 1.92 bits per heavy atom. The predicted octanol–water partition coefficient (Wildman–Crippen LogP) is 5.84. The van der Waals surface area contributed by atoms with Crippen molar-refractivity contribution in [3.63, 3.8) is 0 Å². The summed E-state index contributed by atoms with van der Waals surface area (Å²) in [5, 5.41) is 3.09. The lowest BCUT2D eigenvalue weighted by atomic mass is 9.96. The SMILES string of the molecule is CCCO[C@H]1OC(CO[Si](C)(C)C(C)(C)C)[C@@H](OCc2ccccc2)[C@@H](OCc2ccccc2)C1NC(C)=O. The van der Waals surface area contributed by atoms with Crippen molar-refractivity contribution in [2.75, 3.05) is 13.2 Å². The molecular formula is C31H47NO6Si. The summed E-state index contributed by atoms with van der Waals surface area (Å²) in [6.07, 6.45) is -1.35. The molecule has 1 saturated heterocycles. The molecule has 1 N–H and O–H groups in total. The zero-order valence-electron chi connectivity index (χ0n) is 24.6. The van der Waals surface area contributed by atoms with Crippen LogP contribution in [-0.4, -0.2) is 58.1 Å². The molecule has 2 unspecified atom stereocenters. The second-order valence-corrected chi connectivity index (χ2v) is 16.5. The summed E-state index contributed by atoms with van der Waals surface area (Å²) in [6, 6.07) is 19.5. The first-order chi connectivity index (χ1) is 18.5. The highest BCUT2D eigenvalue weighted by atomic mass is 28.4. The maximum atomic E-state index is 12.3. The highest BCUT2D eigenvalue weighted by Gasteiger charge is 2.49. The van der Waals surface area contributed by atoms with E-state index >= 15 is 0 Å². The monoisotopic (exact) mass is 557 g/mol. The highest BCUT2D eigenvalue weighted by molar-refractivity contribution is 6.74. The summed E-state index contributed by atoms with van der Waals surface area (Å²) in [6.45, 7) is 16.2. The van der Waals surface area contributed by atoms with Gasteiger partial charge >= 0.3 is 0 Å². The van der Waals surface area contributed by atoms with Gasteiger partial charge in [0.2, 0.25) is 5.91 Å². The number of nitrogens with one attached hydrogen (secondary N) is 1. The van der Waals surface area contributed by atoms with E-state index in [0.29, 0.717) is 26.4 Å². The van der Waals surface area contributed by atoms with Crippen molar-refractivity contribution >= 4 is 14.2 Å². The Hall–Kier alpha value is -2.07. The van der Waals surface area contributed by atoms with Gasteiger partial charge in [0.05, 0.1) is 19.8 Å². The van der Waals surface area contributed by atoms with E-state index in [1.807, 2.05) is 67.6 Å². The number of rotatable bonds is 13. The average molecular weight is 558 g/mol. The second-order valence-electron chi connectivity index (χ2n) is 11.7. The zero-order chi connectivity index (χ0) is 28.5. The molecule has 0 aliphatic carbocycles. The van der Waals surface area contributed by atoms with Crippen molar-refractivity contribution in [1.29, 1.82) is 0 Å². The molecule has 8 heteroatoms. The summed E-state index contributed by atoms with van der Waals surface area (Å²) in [7, 11) is -2.08. The van der Waals surface area contributed by atoms with Gasteiger partial charge in [0.15, 0.2) is 14.6 Å². The van der Waals surface area contributed by atoms with Crippen LogP contribution in [0.3, 0.4) is 0 Å². The number of hydrogen-bond acceptors (Lipinski definition) is 6. The minimum absolute atomic E-state index is 0.0438. The molecule has 1 heterocycles. The molecule has 5 atom stereocenters. The maximum Gasteiger partial charge on any atom is 0.217 e. The van der Waals surface area contributed by atoms with E-state index in [4.69, 9.17) is 23.4 Å². The van der Waals surface area contributed by atoms with Gasteiger partial charge in [-0.15, -0.1) is 0 Å². The largest absolute Gasteiger partial charge is 0.414 e. The van der Waals surface area contributed by atoms with Gasteiger partial charge in [-0.05, 0) is 35.7 Å². The van der Waals surface area contributed by atoms with Crippen molar-refractivity contribution < 1.29 is 28.2 Å². The quantitative estimate of drug-likeness (QED) is 0.312. The molecule has 216 valence electrons. The van der Waals surface area contributed by atoms with E-state index in [0.717, 1.165) is 17.5 Å². The third kappa shape index (κ3) is 9.23. The Balaban J connectivity index is 1.94. The van der Waals surface area contributed by atoms with Crippen LogP contribution in [0.5, 0.6) is 0 Å². The number of amides is 1. The molecule has 0 radical (unpaired) electrons. The van der Waals surface area contributed by atoms with Crippen LogP contribution in [-0.2, 0) is 41.4 Å². The van der Waals surface area contributed by atoms with Crippen molar-refractivity contribution in [1.82, 2.24) is 5.32 Å². The molecule has 1 aliphatic rings. The molecule has 1 fully saturated rings. The van der Waals surface area contributed by atoms with E-state index in [1.54, 1.807) is 0 Å². The number of hydrogen-bond donors (Lipinski definition) is 1. The molecule has 0 saturated carbocycles. The summed E-state index contributed by atoms with van der Waals surface area (Å²) in [5.74, 6) is -0.181. The van der Waals surface area contributed by atoms with Crippen LogP contribution in [0.25, 0.3) is 0 Å². The molecule has 0 aromatic heterocycles. The van der Waals surface area contributed by atoms with E-state index in [2.05, 4.69) is 39.2 Å². The third-order valence-electron chi connectivity index (χ3n) is 7.49. The first kappa shape index (κ1) is 31.5. The van der Waals surface area contributed by atoms with Gasteiger partial charge < -0.3 is 28.7 Å².